The molecule has 0 aromatic carbocycles. The van der Waals surface area contributed by atoms with E-state index in [4.69, 9.17) is 15.3 Å². The quantitative estimate of drug-likeness (QED) is 0.143. The molecule has 0 fully saturated rings. The second kappa shape index (κ2) is 12.6. The summed E-state index contributed by atoms with van der Waals surface area (Å²) < 4.78 is 0. The Morgan fingerprint density at radius 2 is 1.75 bits per heavy atom. The predicted octanol–water partition coefficient (Wildman–Crippen LogP) is -2.19. The summed E-state index contributed by atoms with van der Waals surface area (Å²) in [4.78, 5) is 44.9. The molecule has 11 heteroatoms. The molecule has 10 nitrogen and oxygen atoms in total. The van der Waals surface area contributed by atoms with Gasteiger partial charge in [0, 0.05) is 18.8 Å². The normalized spacial score (nSPS) is 12.9. The van der Waals surface area contributed by atoms with Gasteiger partial charge in [0.15, 0.2) is 0 Å². The number of hydrogen-bond acceptors (Lipinski definition) is 7. The van der Waals surface area contributed by atoms with Crippen LogP contribution in [0.5, 0.6) is 0 Å². The SMILES string of the molecule is O=C(O)CNC(=O)C(CS)NC(=O)CCC(NCCCO)C(=O)O. The molecule has 2 atom stereocenters. The van der Waals surface area contributed by atoms with E-state index in [1.165, 1.54) is 0 Å². The molecule has 0 saturated heterocycles. The first-order valence-electron chi connectivity index (χ1n) is 7.28. The molecule has 0 aliphatic rings. The lowest BCUT2D eigenvalue weighted by molar-refractivity contribution is -0.140. The van der Waals surface area contributed by atoms with E-state index in [0.717, 1.165) is 0 Å². The highest BCUT2D eigenvalue weighted by Gasteiger charge is 2.22. The van der Waals surface area contributed by atoms with E-state index < -0.39 is 42.4 Å². The summed E-state index contributed by atoms with van der Waals surface area (Å²) >= 11 is 3.92. The Kier molecular flexibility index (Phi) is 11.6. The minimum Gasteiger partial charge on any atom is -0.480 e. The van der Waals surface area contributed by atoms with E-state index in [0.29, 0.717) is 13.0 Å². The van der Waals surface area contributed by atoms with Crippen LogP contribution in [-0.4, -0.2) is 76.6 Å². The van der Waals surface area contributed by atoms with Gasteiger partial charge in [0.1, 0.15) is 18.6 Å². The van der Waals surface area contributed by atoms with Crippen LogP contribution in [0.15, 0.2) is 0 Å². The summed E-state index contributed by atoms with van der Waals surface area (Å²) in [6, 6.07) is -1.96. The van der Waals surface area contributed by atoms with Crippen molar-refractivity contribution in [1.82, 2.24) is 16.0 Å². The second-order valence-electron chi connectivity index (χ2n) is 4.87. The number of carboxylic acids is 2. The number of thiol groups is 1. The number of aliphatic hydroxyl groups excluding tert-OH is 1. The largest absolute Gasteiger partial charge is 0.480 e. The Morgan fingerprint density at radius 3 is 2.25 bits per heavy atom. The van der Waals surface area contributed by atoms with E-state index in [2.05, 4.69) is 28.6 Å². The summed E-state index contributed by atoms with van der Waals surface area (Å²) in [5.41, 5.74) is 0. The number of amides is 2. The molecule has 0 bridgehead atoms. The number of carbonyl (C=O) groups excluding carboxylic acids is 2. The molecule has 0 aliphatic heterocycles. The lowest BCUT2D eigenvalue weighted by Crippen LogP contribution is -2.49. The fourth-order valence-corrected chi connectivity index (χ4v) is 1.95. The van der Waals surface area contributed by atoms with Gasteiger partial charge in [-0.1, -0.05) is 0 Å². The minimum absolute atomic E-state index is 0.00261. The number of aliphatic carboxylic acids is 2. The Labute approximate surface area is 144 Å². The van der Waals surface area contributed by atoms with Gasteiger partial charge in [0.05, 0.1) is 0 Å². The number of nitrogens with one attached hydrogen (secondary N) is 3. The van der Waals surface area contributed by atoms with Crippen molar-refractivity contribution in [2.45, 2.75) is 31.3 Å². The molecular weight excluding hydrogens is 342 g/mol. The first-order valence-corrected chi connectivity index (χ1v) is 7.91. The monoisotopic (exact) mass is 365 g/mol. The van der Waals surface area contributed by atoms with Crippen molar-refractivity contribution in [1.29, 1.82) is 0 Å². The number of aliphatic hydroxyl groups is 1. The van der Waals surface area contributed by atoms with Gasteiger partial charge in [0.25, 0.3) is 0 Å². The van der Waals surface area contributed by atoms with Crippen LogP contribution in [0.2, 0.25) is 0 Å². The van der Waals surface area contributed by atoms with Crippen LogP contribution < -0.4 is 16.0 Å². The summed E-state index contributed by atoms with van der Waals surface area (Å²) in [6.45, 7) is -0.351. The first-order chi connectivity index (χ1) is 11.3. The Balaban J connectivity index is 4.34. The van der Waals surface area contributed by atoms with E-state index >= 15 is 0 Å². The smallest absolute Gasteiger partial charge is 0.322 e. The van der Waals surface area contributed by atoms with Crippen molar-refractivity contribution in [2.24, 2.45) is 0 Å². The van der Waals surface area contributed by atoms with Gasteiger partial charge in [-0.2, -0.15) is 12.6 Å². The van der Waals surface area contributed by atoms with Crippen molar-refractivity contribution in [3.8, 4) is 0 Å². The maximum Gasteiger partial charge on any atom is 0.322 e. The summed E-state index contributed by atoms with van der Waals surface area (Å²) in [5, 5.41) is 33.4. The molecule has 6 N–H and O–H groups in total. The van der Waals surface area contributed by atoms with Crippen LogP contribution in [0, 0.1) is 0 Å². The topological polar surface area (TPSA) is 165 Å². The van der Waals surface area contributed by atoms with Gasteiger partial charge in [0.2, 0.25) is 11.8 Å². The number of carbonyl (C=O) groups is 4. The van der Waals surface area contributed by atoms with Crippen LogP contribution in [0.4, 0.5) is 0 Å². The van der Waals surface area contributed by atoms with Crippen LogP contribution in [-0.2, 0) is 19.2 Å². The molecule has 0 spiro atoms. The van der Waals surface area contributed by atoms with Gasteiger partial charge in [-0.05, 0) is 19.4 Å². The van der Waals surface area contributed by atoms with Crippen molar-refractivity contribution in [2.75, 3.05) is 25.4 Å². The summed E-state index contributed by atoms with van der Waals surface area (Å²) in [7, 11) is 0. The minimum atomic E-state index is -1.22. The Bertz CT molecular complexity index is 447. The molecular formula is C13H23N3O7S. The molecule has 0 aromatic heterocycles. The summed E-state index contributed by atoms with van der Waals surface area (Å²) in [5.74, 6) is -3.60. The third-order valence-corrected chi connectivity index (χ3v) is 3.30. The van der Waals surface area contributed by atoms with Crippen molar-refractivity contribution >= 4 is 36.4 Å². The average molecular weight is 365 g/mol. The molecule has 2 unspecified atom stereocenters. The zero-order valence-electron chi connectivity index (χ0n) is 13.0. The lowest BCUT2D eigenvalue weighted by atomic mass is 10.1. The maximum absolute atomic E-state index is 11.8. The van der Waals surface area contributed by atoms with Crippen molar-refractivity contribution < 1.29 is 34.5 Å². The molecule has 0 aromatic rings. The van der Waals surface area contributed by atoms with Crippen molar-refractivity contribution in [3.63, 3.8) is 0 Å². The number of rotatable bonds is 13. The molecule has 0 radical (unpaired) electrons. The highest BCUT2D eigenvalue weighted by atomic mass is 32.1. The van der Waals surface area contributed by atoms with Crippen LogP contribution in [0.3, 0.4) is 0 Å². The lowest BCUT2D eigenvalue weighted by Gasteiger charge is -2.17. The predicted molar refractivity (Wildman–Crippen MR) is 86.8 cm³/mol. The molecule has 0 aliphatic carbocycles. The summed E-state index contributed by atoms with van der Waals surface area (Å²) in [6.07, 6.45) is 0.254. The fourth-order valence-electron chi connectivity index (χ4n) is 1.69. The van der Waals surface area contributed by atoms with E-state index in [-0.39, 0.29) is 25.2 Å². The molecule has 0 saturated carbocycles. The molecule has 0 rings (SSSR count). The van der Waals surface area contributed by atoms with Gasteiger partial charge in [-0.15, -0.1) is 0 Å². The van der Waals surface area contributed by atoms with Crippen LogP contribution in [0.1, 0.15) is 19.3 Å². The average Bonchev–Trinajstić information content (AvgIpc) is 2.53. The van der Waals surface area contributed by atoms with Crippen molar-refractivity contribution in [3.05, 3.63) is 0 Å². The molecule has 2 amide bonds. The Hall–Kier alpha value is -1.85. The molecule has 24 heavy (non-hydrogen) atoms. The van der Waals surface area contributed by atoms with Gasteiger partial charge in [-0.3, -0.25) is 19.2 Å². The molecule has 138 valence electrons. The number of carboxylic acid groups (broad SMARTS) is 2. The van der Waals surface area contributed by atoms with Gasteiger partial charge < -0.3 is 31.3 Å². The molecule has 0 heterocycles. The van der Waals surface area contributed by atoms with Crippen LogP contribution >= 0.6 is 12.6 Å². The standard InChI is InChI=1S/C13H23N3O7S/c17-5-1-4-14-8(13(22)23)2-3-10(18)16-9(7-24)12(21)15-6-11(19)20/h8-9,14,17,24H,1-7H2,(H,15,21)(H,16,18)(H,19,20)(H,22,23). The first kappa shape index (κ1) is 22.1. The fraction of sp³-hybridized carbons (Fsp3) is 0.692. The van der Waals surface area contributed by atoms with Gasteiger partial charge in [-0.25, -0.2) is 0 Å². The Morgan fingerprint density at radius 1 is 1.08 bits per heavy atom. The highest BCUT2D eigenvalue weighted by molar-refractivity contribution is 7.80. The van der Waals surface area contributed by atoms with Gasteiger partial charge >= 0.3 is 11.9 Å². The maximum atomic E-state index is 11.8. The third-order valence-electron chi connectivity index (χ3n) is 2.93. The van der Waals surface area contributed by atoms with E-state index in [1.807, 2.05) is 0 Å². The zero-order valence-corrected chi connectivity index (χ0v) is 13.9. The van der Waals surface area contributed by atoms with E-state index in [9.17, 15) is 19.2 Å². The zero-order chi connectivity index (χ0) is 18.5. The highest BCUT2D eigenvalue weighted by Crippen LogP contribution is 2.00. The third kappa shape index (κ3) is 10.0. The van der Waals surface area contributed by atoms with Crippen LogP contribution in [0.25, 0.3) is 0 Å². The number of hydrogen-bond donors (Lipinski definition) is 7. The second-order valence-corrected chi connectivity index (χ2v) is 5.24. The van der Waals surface area contributed by atoms with E-state index in [1.54, 1.807) is 0 Å².